The molecule has 3 heteroatoms. The summed E-state index contributed by atoms with van der Waals surface area (Å²) in [5, 5.41) is 0. The second-order valence-corrected chi connectivity index (χ2v) is 5.71. The molecule has 0 heterocycles. The second kappa shape index (κ2) is 6.72. The van der Waals surface area contributed by atoms with Crippen LogP contribution in [0.5, 0.6) is 0 Å². The van der Waals surface area contributed by atoms with E-state index in [4.69, 9.17) is 10.5 Å². The number of ether oxygens (including phenoxy) is 1. The molecule has 1 saturated carbocycles. The van der Waals surface area contributed by atoms with Crippen molar-refractivity contribution in [2.45, 2.75) is 58.1 Å². The lowest BCUT2D eigenvalue weighted by Gasteiger charge is -2.50. The third kappa shape index (κ3) is 3.21. The van der Waals surface area contributed by atoms with Crippen LogP contribution in [0.3, 0.4) is 0 Å². The number of rotatable bonds is 6. The van der Waals surface area contributed by atoms with Crippen molar-refractivity contribution in [3.05, 3.63) is 0 Å². The minimum atomic E-state index is 0.0754. The third-order valence-corrected chi connectivity index (χ3v) is 4.16. The Balaban J connectivity index is 2.88. The van der Waals surface area contributed by atoms with Crippen molar-refractivity contribution in [2.75, 3.05) is 26.7 Å². The molecule has 17 heavy (non-hydrogen) atoms. The summed E-state index contributed by atoms with van der Waals surface area (Å²) in [6.45, 7) is 9.69. The zero-order valence-corrected chi connectivity index (χ0v) is 12.0. The molecule has 2 atom stereocenters. The number of methoxy groups -OCH3 is 1. The van der Waals surface area contributed by atoms with Crippen molar-refractivity contribution in [1.29, 1.82) is 0 Å². The predicted molar refractivity (Wildman–Crippen MR) is 73.1 cm³/mol. The van der Waals surface area contributed by atoms with Crippen LogP contribution in [0.25, 0.3) is 0 Å². The molecular formula is C14H30N2O. The Morgan fingerprint density at radius 3 is 2.59 bits per heavy atom. The largest absolute Gasteiger partial charge is 0.379 e. The molecule has 0 saturated heterocycles. The van der Waals surface area contributed by atoms with Gasteiger partial charge in [-0.05, 0) is 25.3 Å². The van der Waals surface area contributed by atoms with Crippen molar-refractivity contribution >= 4 is 0 Å². The zero-order valence-electron chi connectivity index (χ0n) is 12.0. The predicted octanol–water partition coefficient (Wildman–Crippen LogP) is 2.25. The molecule has 0 radical (unpaired) electrons. The Morgan fingerprint density at radius 1 is 1.41 bits per heavy atom. The summed E-state index contributed by atoms with van der Waals surface area (Å²) in [6.07, 6.45) is 5.20. The lowest BCUT2D eigenvalue weighted by atomic mass is 9.77. The SMILES string of the molecule is CCN(CC(C)C)C1(CN)CCCCC1OC. The third-order valence-electron chi connectivity index (χ3n) is 4.16. The summed E-state index contributed by atoms with van der Waals surface area (Å²) in [6, 6.07) is 0. The number of likely N-dealkylation sites (N-methyl/N-ethyl adjacent to an activating group) is 1. The quantitative estimate of drug-likeness (QED) is 0.776. The van der Waals surface area contributed by atoms with E-state index in [0.717, 1.165) is 19.5 Å². The fourth-order valence-electron chi connectivity index (χ4n) is 3.32. The van der Waals surface area contributed by atoms with Gasteiger partial charge in [0.25, 0.3) is 0 Å². The summed E-state index contributed by atoms with van der Waals surface area (Å²) < 4.78 is 5.74. The van der Waals surface area contributed by atoms with E-state index in [9.17, 15) is 0 Å². The highest BCUT2D eigenvalue weighted by Crippen LogP contribution is 2.35. The summed E-state index contributed by atoms with van der Waals surface area (Å²) in [5.74, 6) is 0.679. The van der Waals surface area contributed by atoms with Crippen LogP contribution in [-0.4, -0.2) is 43.3 Å². The minimum absolute atomic E-state index is 0.0754. The highest BCUT2D eigenvalue weighted by molar-refractivity contribution is 5.01. The average molecular weight is 242 g/mol. The van der Waals surface area contributed by atoms with Crippen molar-refractivity contribution in [3.63, 3.8) is 0 Å². The van der Waals surface area contributed by atoms with Crippen LogP contribution in [0.1, 0.15) is 46.5 Å². The molecular weight excluding hydrogens is 212 g/mol. The summed E-state index contributed by atoms with van der Waals surface area (Å²) >= 11 is 0. The van der Waals surface area contributed by atoms with E-state index in [0.29, 0.717) is 18.6 Å². The lowest BCUT2D eigenvalue weighted by Crippen LogP contribution is -2.63. The lowest BCUT2D eigenvalue weighted by molar-refractivity contribution is -0.0772. The van der Waals surface area contributed by atoms with Gasteiger partial charge < -0.3 is 10.5 Å². The topological polar surface area (TPSA) is 38.5 Å². The van der Waals surface area contributed by atoms with E-state index in [1.54, 1.807) is 0 Å². The van der Waals surface area contributed by atoms with E-state index in [2.05, 4.69) is 25.7 Å². The van der Waals surface area contributed by atoms with Gasteiger partial charge in [-0.25, -0.2) is 0 Å². The van der Waals surface area contributed by atoms with Gasteiger partial charge in [-0.3, -0.25) is 4.90 Å². The van der Waals surface area contributed by atoms with E-state index in [1.165, 1.54) is 19.3 Å². The van der Waals surface area contributed by atoms with Crippen molar-refractivity contribution in [3.8, 4) is 0 Å². The maximum Gasteiger partial charge on any atom is 0.0767 e. The Hall–Kier alpha value is -0.120. The van der Waals surface area contributed by atoms with Crippen LogP contribution in [-0.2, 0) is 4.74 Å². The first-order chi connectivity index (χ1) is 8.10. The Labute approximate surface area is 107 Å². The number of nitrogens with two attached hydrogens (primary N) is 1. The normalized spacial score (nSPS) is 30.2. The van der Waals surface area contributed by atoms with E-state index >= 15 is 0 Å². The van der Waals surface area contributed by atoms with Crippen LogP contribution in [0.4, 0.5) is 0 Å². The first-order valence-corrected chi connectivity index (χ1v) is 7.08. The number of hydrogen-bond acceptors (Lipinski definition) is 3. The Kier molecular flexibility index (Phi) is 5.90. The fraction of sp³-hybridized carbons (Fsp3) is 1.00. The van der Waals surface area contributed by atoms with E-state index in [1.807, 2.05) is 7.11 Å². The van der Waals surface area contributed by atoms with Crippen LogP contribution < -0.4 is 5.73 Å². The minimum Gasteiger partial charge on any atom is -0.379 e. The molecule has 0 amide bonds. The highest BCUT2D eigenvalue weighted by atomic mass is 16.5. The molecule has 0 aromatic rings. The van der Waals surface area contributed by atoms with Gasteiger partial charge >= 0.3 is 0 Å². The van der Waals surface area contributed by atoms with E-state index < -0.39 is 0 Å². The average Bonchev–Trinajstić information content (AvgIpc) is 2.35. The summed E-state index contributed by atoms with van der Waals surface area (Å²) in [4.78, 5) is 2.56. The summed E-state index contributed by atoms with van der Waals surface area (Å²) in [7, 11) is 1.84. The molecule has 1 fully saturated rings. The van der Waals surface area contributed by atoms with Gasteiger partial charge in [0.15, 0.2) is 0 Å². The monoisotopic (exact) mass is 242 g/mol. The maximum absolute atomic E-state index is 6.13. The van der Waals surface area contributed by atoms with Gasteiger partial charge in [0.1, 0.15) is 0 Å². The second-order valence-electron chi connectivity index (χ2n) is 5.71. The van der Waals surface area contributed by atoms with Crippen molar-refractivity contribution in [1.82, 2.24) is 4.90 Å². The van der Waals surface area contributed by atoms with Gasteiger partial charge in [0.05, 0.1) is 11.6 Å². The van der Waals surface area contributed by atoms with Gasteiger partial charge in [0, 0.05) is 20.2 Å². The molecule has 1 rings (SSSR count). The Morgan fingerprint density at radius 2 is 2.12 bits per heavy atom. The van der Waals surface area contributed by atoms with Crippen LogP contribution in [0.15, 0.2) is 0 Å². The smallest absolute Gasteiger partial charge is 0.0767 e. The first kappa shape index (κ1) is 14.9. The van der Waals surface area contributed by atoms with Gasteiger partial charge in [-0.15, -0.1) is 0 Å². The molecule has 0 aliphatic heterocycles. The molecule has 0 bridgehead atoms. The number of hydrogen-bond donors (Lipinski definition) is 1. The van der Waals surface area contributed by atoms with Crippen LogP contribution >= 0.6 is 0 Å². The van der Waals surface area contributed by atoms with Crippen molar-refractivity contribution in [2.24, 2.45) is 11.7 Å². The molecule has 2 N–H and O–H groups in total. The fourth-order valence-corrected chi connectivity index (χ4v) is 3.32. The first-order valence-electron chi connectivity index (χ1n) is 7.08. The van der Waals surface area contributed by atoms with Gasteiger partial charge in [-0.2, -0.15) is 0 Å². The molecule has 0 aromatic carbocycles. The van der Waals surface area contributed by atoms with Crippen LogP contribution in [0.2, 0.25) is 0 Å². The molecule has 0 aromatic heterocycles. The molecule has 1 aliphatic carbocycles. The molecule has 0 spiro atoms. The Bertz CT molecular complexity index is 220. The van der Waals surface area contributed by atoms with Crippen molar-refractivity contribution < 1.29 is 4.74 Å². The van der Waals surface area contributed by atoms with E-state index in [-0.39, 0.29) is 5.54 Å². The standard InChI is InChI=1S/C14H30N2O/c1-5-16(10-12(2)3)14(11-15)9-7-6-8-13(14)17-4/h12-13H,5-11,15H2,1-4H3. The zero-order chi connectivity index (χ0) is 12.9. The van der Waals surface area contributed by atoms with Crippen LogP contribution in [0, 0.1) is 5.92 Å². The number of nitrogens with zero attached hydrogens (tertiary/aromatic N) is 1. The maximum atomic E-state index is 6.13. The molecule has 102 valence electrons. The summed E-state index contributed by atoms with van der Waals surface area (Å²) in [5.41, 5.74) is 6.21. The molecule has 2 unspecified atom stereocenters. The van der Waals surface area contributed by atoms with Gasteiger partial charge in [-0.1, -0.05) is 33.6 Å². The van der Waals surface area contributed by atoms with Gasteiger partial charge in [0.2, 0.25) is 0 Å². The molecule has 3 nitrogen and oxygen atoms in total. The molecule has 1 aliphatic rings. The highest BCUT2D eigenvalue weighted by Gasteiger charge is 2.44.